The van der Waals surface area contributed by atoms with E-state index in [0.717, 1.165) is 36.8 Å². The summed E-state index contributed by atoms with van der Waals surface area (Å²) in [6, 6.07) is 19.2. The second-order valence-corrected chi connectivity index (χ2v) is 10.9. The van der Waals surface area contributed by atoms with Crippen molar-refractivity contribution in [3.8, 4) is 0 Å². The molecule has 38 heavy (non-hydrogen) atoms. The lowest BCUT2D eigenvalue weighted by Gasteiger charge is -2.31. The van der Waals surface area contributed by atoms with E-state index in [0.29, 0.717) is 17.3 Å². The Bertz CT molecular complexity index is 1360. The molecule has 8 heteroatoms. The van der Waals surface area contributed by atoms with Crippen LogP contribution in [-0.2, 0) is 6.42 Å². The van der Waals surface area contributed by atoms with Gasteiger partial charge in [-0.2, -0.15) is 4.98 Å². The van der Waals surface area contributed by atoms with Crippen molar-refractivity contribution in [3.63, 3.8) is 0 Å². The lowest BCUT2D eigenvalue weighted by molar-refractivity contribution is 0.279. The van der Waals surface area contributed by atoms with Gasteiger partial charge in [-0.05, 0) is 123 Å². The van der Waals surface area contributed by atoms with Crippen LogP contribution >= 0.6 is 11.9 Å². The van der Waals surface area contributed by atoms with E-state index < -0.39 is 0 Å². The van der Waals surface area contributed by atoms with Crippen LogP contribution in [0.3, 0.4) is 0 Å². The Hall–Kier alpha value is -3.49. The van der Waals surface area contributed by atoms with Crippen LogP contribution in [0.5, 0.6) is 0 Å². The maximum Gasteiger partial charge on any atom is 0.229 e. The largest absolute Gasteiger partial charge is 0.340 e. The van der Waals surface area contributed by atoms with Crippen LogP contribution in [0.15, 0.2) is 78.0 Å². The van der Waals surface area contributed by atoms with E-state index in [9.17, 15) is 4.39 Å². The van der Waals surface area contributed by atoms with Gasteiger partial charge in [0.05, 0.1) is 0 Å². The van der Waals surface area contributed by atoms with Gasteiger partial charge >= 0.3 is 0 Å². The highest BCUT2D eigenvalue weighted by Gasteiger charge is 2.20. The Morgan fingerprint density at radius 3 is 2.45 bits per heavy atom. The molecule has 0 aliphatic carbocycles. The summed E-state index contributed by atoms with van der Waals surface area (Å²) in [5, 5.41) is 6.47. The number of rotatable bonds is 9. The van der Waals surface area contributed by atoms with E-state index in [-0.39, 0.29) is 5.82 Å². The zero-order valence-corrected chi connectivity index (χ0v) is 22.6. The second kappa shape index (κ2) is 12.4. The van der Waals surface area contributed by atoms with Crippen LogP contribution in [0.4, 0.5) is 27.5 Å². The molecule has 0 radical (unpaired) electrons. The van der Waals surface area contributed by atoms with Crippen molar-refractivity contribution in [3.05, 3.63) is 95.7 Å². The van der Waals surface area contributed by atoms with Crippen molar-refractivity contribution < 1.29 is 4.39 Å². The van der Waals surface area contributed by atoms with Crippen molar-refractivity contribution >= 4 is 35.1 Å². The second-order valence-electron chi connectivity index (χ2n) is 9.77. The molecule has 0 unspecified atom stereocenters. The molecule has 6 nitrogen and oxygen atoms in total. The standard InChI is InChI=1S/C30H33FN6S/c1-21-4-3-16-32-28(21)12-5-23-14-18-37(19-15-23)38-26-9-6-24(7-10-26)35-30-33-17-13-29(36-30)34-25-8-11-27(31)22(2)20-25/h3-4,6-11,13,16-17,20,23H,5,12,14-15,18-19H2,1-2H3,(H2,33,34,35,36). The average Bonchev–Trinajstić information content (AvgIpc) is 2.92. The normalized spacial score (nSPS) is 14.4. The molecule has 0 bridgehead atoms. The molecule has 4 aromatic rings. The summed E-state index contributed by atoms with van der Waals surface area (Å²) in [4.78, 5) is 14.6. The van der Waals surface area contributed by atoms with E-state index >= 15 is 0 Å². The lowest BCUT2D eigenvalue weighted by Crippen LogP contribution is -2.28. The summed E-state index contributed by atoms with van der Waals surface area (Å²) >= 11 is 1.83. The number of anilines is 4. The molecule has 1 aliphatic rings. The molecule has 2 N–H and O–H groups in total. The molecule has 0 amide bonds. The predicted molar refractivity (Wildman–Crippen MR) is 154 cm³/mol. The number of aromatic nitrogens is 3. The minimum absolute atomic E-state index is 0.224. The number of pyridine rings is 1. The highest BCUT2D eigenvalue weighted by Crippen LogP contribution is 2.31. The van der Waals surface area contributed by atoms with Gasteiger partial charge in [0.15, 0.2) is 0 Å². The van der Waals surface area contributed by atoms with Gasteiger partial charge in [-0.3, -0.25) is 4.98 Å². The molecule has 1 saturated heterocycles. The Balaban J connectivity index is 1.09. The molecule has 1 aliphatic heterocycles. The van der Waals surface area contributed by atoms with Crippen LogP contribution in [0.1, 0.15) is 36.1 Å². The number of nitrogens with one attached hydrogen (secondary N) is 2. The first-order valence-electron chi connectivity index (χ1n) is 13.1. The molecule has 196 valence electrons. The first kappa shape index (κ1) is 26.1. The van der Waals surface area contributed by atoms with E-state index in [1.807, 2.05) is 24.2 Å². The smallest absolute Gasteiger partial charge is 0.229 e. The Morgan fingerprint density at radius 2 is 1.68 bits per heavy atom. The van der Waals surface area contributed by atoms with Crippen molar-refractivity contribution in [2.45, 2.75) is 44.4 Å². The quantitative estimate of drug-likeness (QED) is 0.219. The molecular weight excluding hydrogens is 495 g/mol. The number of hydrogen-bond acceptors (Lipinski definition) is 7. The van der Waals surface area contributed by atoms with Gasteiger partial charge in [-0.25, -0.2) is 13.7 Å². The zero-order valence-electron chi connectivity index (χ0n) is 21.8. The van der Waals surface area contributed by atoms with Gasteiger partial charge in [-0.15, -0.1) is 0 Å². The first-order valence-corrected chi connectivity index (χ1v) is 13.9. The monoisotopic (exact) mass is 528 g/mol. The number of halogens is 1. The van der Waals surface area contributed by atoms with Gasteiger partial charge in [0.2, 0.25) is 5.95 Å². The number of aryl methyl sites for hydroxylation is 3. The van der Waals surface area contributed by atoms with E-state index in [1.54, 1.807) is 31.3 Å². The molecule has 5 rings (SSSR count). The van der Waals surface area contributed by atoms with Gasteiger partial charge in [0.25, 0.3) is 0 Å². The van der Waals surface area contributed by atoms with Crippen molar-refractivity contribution in [1.82, 2.24) is 19.3 Å². The molecule has 3 heterocycles. The first-order chi connectivity index (χ1) is 18.5. The fraction of sp³-hybridized carbons (Fsp3) is 0.300. The summed E-state index contributed by atoms with van der Waals surface area (Å²) in [7, 11) is 0. The van der Waals surface area contributed by atoms with E-state index in [4.69, 9.17) is 0 Å². The summed E-state index contributed by atoms with van der Waals surface area (Å²) in [5.41, 5.74) is 4.83. The molecular formula is C30H33FN6S. The molecule has 0 atom stereocenters. The zero-order chi connectivity index (χ0) is 26.3. The predicted octanol–water partition coefficient (Wildman–Crippen LogP) is 7.47. The SMILES string of the molecule is Cc1cc(Nc2ccnc(Nc3ccc(SN4CCC(CCc5ncccc5C)CC4)cc3)n2)ccc1F. The molecule has 0 saturated carbocycles. The number of nitrogens with zero attached hydrogens (tertiary/aromatic N) is 4. The van der Waals surface area contributed by atoms with Gasteiger partial charge in [0.1, 0.15) is 11.6 Å². The van der Waals surface area contributed by atoms with Crippen LogP contribution in [-0.4, -0.2) is 32.3 Å². The third-order valence-corrected chi connectivity index (χ3v) is 8.02. The summed E-state index contributed by atoms with van der Waals surface area (Å²) in [6.07, 6.45) is 8.36. The highest BCUT2D eigenvalue weighted by atomic mass is 32.2. The van der Waals surface area contributed by atoms with Crippen LogP contribution in [0, 0.1) is 25.6 Å². The lowest BCUT2D eigenvalue weighted by atomic mass is 9.92. The Labute approximate surface area is 228 Å². The summed E-state index contributed by atoms with van der Waals surface area (Å²) in [5.74, 6) is 1.69. The average molecular weight is 529 g/mol. The summed E-state index contributed by atoms with van der Waals surface area (Å²) < 4.78 is 16.0. The summed E-state index contributed by atoms with van der Waals surface area (Å²) in [6.45, 7) is 6.11. The minimum Gasteiger partial charge on any atom is -0.340 e. The van der Waals surface area contributed by atoms with Crippen LogP contribution in [0.25, 0.3) is 0 Å². The van der Waals surface area contributed by atoms with Gasteiger partial charge in [0, 0.05) is 47.4 Å². The van der Waals surface area contributed by atoms with Gasteiger partial charge < -0.3 is 10.6 Å². The fourth-order valence-corrected chi connectivity index (χ4v) is 5.60. The topological polar surface area (TPSA) is 66.0 Å². The van der Waals surface area contributed by atoms with Crippen molar-refractivity contribution in [2.75, 3.05) is 23.7 Å². The Morgan fingerprint density at radius 1 is 0.895 bits per heavy atom. The maximum atomic E-state index is 13.5. The van der Waals surface area contributed by atoms with Crippen LogP contribution in [0.2, 0.25) is 0 Å². The fourth-order valence-electron chi connectivity index (χ4n) is 4.65. The molecule has 0 spiro atoms. The maximum absolute atomic E-state index is 13.5. The minimum atomic E-state index is -0.224. The number of hydrogen-bond donors (Lipinski definition) is 2. The highest BCUT2D eigenvalue weighted by molar-refractivity contribution is 7.97. The molecule has 2 aromatic carbocycles. The third kappa shape index (κ3) is 7.08. The van der Waals surface area contributed by atoms with Crippen LogP contribution < -0.4 is 10.6 Å². The third-order valence-electron chi connectivity index (χ3n) is 6.91. The molecule has 1 fully saturated rings. The molecule has 2 aromatic heterocycles. The van der Waals surface area contributed by atoms with Gasteiger partial charge in [-0.1, -0.05) is 6.07 Å². The van der Waals surface area contributed by atoms with E-state index in [1.165, 1.54) is 41.5 Å². The Kier molecular flexibility index (Phi) is 8.51. The van der Waals surface area contributed by atoms with Crippen molar-refractivity contribution in [1.29, 1.82) is 0 Å². The number of piperidine rings is 1. The number of benzene rings is 2. The van der Waals surface area contributed by atoms with Crippen molar-refractivity contribution in [2.24, 2.45) is 5.92 Å². The van der Waals surface area contributed by atoms with E-state index in [2.05, 4.69) is 67.1 Å².